The second-order valence-corrected chi connectivity index (χ2v) is 12.4. The number of carbonyl (C=O) groups is 4. The smallest absolute Gasteiger partial charge is 0.494 e. The lowest BCUT2D eigenvalue weighted by molar-refractivity contribution is -0.274. The average molecular weight is 853 g/mol. The predicted molar refractivity (Wildman–Crippen MR) is 205 cm³/mol. The number of hydrogen-bond acceptors (Lipinski definition) is 8. The summed E-state index contributed by atoms with van der Waals surface area (Å²) in [5.41, 5.74) is -1.71. The molecule has 1 aromatic heterocycles. The molecule has 1 heterocycles. The van der Waals surface area contributed by atoms with E-state index in [1.807, 2.05) is 12.2 Å². The molecular formula is C41H27ClF6N4O8. The van der Waals surface area contributed by atoms with Crippen molar-refractivity contribution < 1.29 is 65.2 Å². The Bertz CT molecular complexity index is 2560. The van der Waals surface area contributed by atoms with Crippen LogP contribution in [0.15, 0.2) is 109 Å². The fraction of sp³-hybridized carbons (Fsp3) is 0.0732. The van der Waals surface area contributed by atoms with Crippen molar-refractivity contribution >= 4 is 46.7 Å². The monoisotopic (exact) mass is 852 g/mol. The van der Waals surface area contributed by atoms with Gasteiger partial charge >= 0.3 is 18.3 Å². The highest BCUT2D eigenvalue weighted by molar-refractivity contribution is 6.34. The summed E-state index contributed by atoms with van der Waals surface area (Å²) < 4.78 is 90.1. The Labute approximate surface area is 340 Å². The third kappa shape index (κ3) is 10.9. The second-order valence-electron chi connectivity index (χ2n) is 12.0. The van der Waals surface area contributed by atoms with Crippen LogP contribution in [-0.2, 0) is 0 Å². The molecule has 4 N–H and O–H groups in total. The van der Waals surface area contributed by atoms with Crippen molar-refractivity contribution in [3.8, 4) is 33.8 Å². The standard InChI is InChI=1S/C21H12F5NO4.C20H15ClFN3O4/c22-16-9-12(11-4-3-5-13(8-11)31-21(24,25)26)10-17(23)18(16)27-19(28)14-6-1-2-7-15(14)20(29)30;1-2-29-13-5-3-4-11(8-13)12-9-14(21)16(15(22)10-12)25-19(26)17-18(20(27)28)24-7-6-23-17/h1-10H,(H,27,28)(H,29,30);3-10H,2H2,1H3,(H,25,26)(H,27,28). The summed E-state index contributed by atoms with van der Waals surface area (Å²) >= 11 is 6.18. The molecule has 12 nitrogen and oxygen atoms in total. The summed E-state index contributed by atoms with van der Waals surface area (Å²) in [6, 6.07) is 21.0. The Hall–Kier alpha value is -7.47. The Morgan fingerprint density at radius 3 is 1.70 bits per heavy atom. The maximum Gasteiger partial charge on any atom is 0.573 e. The molecule has 0 radical (unpaired) electrons. The quantitative estimate of drug-likeness (QED) is 0.0918. The molecule has 19 heteroatoms. The summed E-state index contributed by atoms with van der Waals surface area (Å²) in [5.74, 6) is -7.98. The Balaban J connectivity index is 0.000000228. The first-order valence-corrected chi connectivity index (χ1v) is 17.4. The number of alkyl halides is 3. The number of aromatic carboxylic acids is 2. The van der Waals surface area contributed by atoms with Gasteiger partial charge in [-0.15, -0.1) is 13.2 Å². The lowest BCUT2D eigenvalue weighted by Crippen LogP contribution is -2.20. The molecular weight excluding hydrogens is 826 g/mol. The number of amides is 2. The van der Waals surface area contributed by atoms with Crippen molar-refractivity contribution in [2.24, 2.45) is 0 Å². The van der Waals surface area contributed by atoms with E-state index in [0.717, 1.165) is 42.7 Å². The van der Waals surface area contributed by atoms with Gasteiger partial charge < -0.3 is 30.3 Å². The predicted octanol–water partition coefficient (Wildman–Crippen LogP) is 9.77. The van der Waals surface area contributed by atoms with Crippen LogP contribution < -0.4 is 20.1 Å². The maximum atomic E-state index is 14.7. The zero-order chi connectivity index (χ0) is 43.7. The summed E-state index contributed by atoms with van der Waals surface area (Å²) in [6.45, 7) is 2.35. The van der Waals surface area contributed by atoms with Crippen molar-refractivity contribution in [1.29, 1.82) is 0 Å². The van der Waals surface area contributed by atoms with E-state index in [4.69, 9.17) is 26.6 Å². The van der Waals surface area contributed by atoms with Gasteiger partial charge in [0.2, 0.25) is 0 Å². The van der Waals surface area contributed by atoms with Gasteiger partial charge in [0.1, 0.15) is 34.6 Å². The van der Waals surface area contributed by atoms with E-state index >= 15 is 0 Å². The molecule has 0 aliphatic heterocycles. The Kier molecular flexibility index (Phi) is 13.7. The highest BCUT2D eigenvalue weighted by atomic mass is 35.5. The molecule has 60 heavy (non-hydrogen) atoms. The Morgan fingerprint density at radius 1 is 0.633 bits per heavy atom. The summed E-state index contributed by atoms with van der Waals surface area (Å²) in [5, 5.41) is 22.4. The largest absolute Gasteiger partial charge is 0.573 e. The summed E-state index contributed by atoms with van der Waals surface area (Å²) in [6.07, 6.45) is -2.64. The molecule has 0 aliphatic rings. The van der Waals surface area contributed by atoms with Gasteiger partial charge in [0, 0.05) is 12.4 Å². The number of carbonyl (C=O) groups excluding carboxylic acids is 2. The molecule has 0 atom stereocenters. The molecule has 0 saturated heterocycles. The molecule has 0 bridgehead atoms. The third-order valence-electron chi connectivity index (χ3n) is 7.96. The lowest BCUT2D eigenvalue weighted by atomic mass is 10.0. The van der Waals surface area contributed by atoms with Crippen LogP contribution in [0.25, 0.3) is 22.3 Å². The van der Waals surface area contributed by atoms with Crippen molar-refractivity contribution in [2.75, 3.05) is 17.2 Å². The lowest BCUT2D eigenvalue weighted by Gasteiger charge is -2.13. The molecule has 0 aliphatic carbocycles. The number of carboxylic acid groups (broad SMARTS) is 2. The van der Waals surface area contributed by atoms with E-state index in [-0.39, 0.29) is 33.0 Å². The molecule has 0 spiro atoms. The van der Waals surface area contributed by atoms with E-state index in [9.17, 15) is 45.5 Å². The van der Waals surface area contributed by atoms with E-state index < -0.39 is 70.4 Å². The minimum Gasteiger partial charge on any atom is -0.494 e. The summed E-state index contributed by atoms with van der Waals surface area (Å²) in [4.78, 5) is 54.5. The van der Waals surface area contributed by atoms with Gasteiger partial charge in [-0.3, -0.25) is 9.59 Å². The van der Waals surface area contributed by atoms with Crippen LogP contribution in [0.2, 0.25) is 5.02 Å². The first-order chi connectivity index (χ1) is 28.4. The maximum absolute atomic E-state index is 14.7. The van der Waals surface area contributed by atoms with Gasteiger partial charge in [0.15, 0.2) is 11.4 Å². The first-order valence-electron chi connectivity index (χ1n) is 17.0. The van der Waals surface area contributed by atoms with Crippen LogP contribution in [0.1, 0.15) is 48.6 Å². The van der Waals surface area contributed by atoms with Gasteiger partial charge in [0.25, 0.3) is 11.8 Å². The van der Waals surface area contributed by atoms with Gasteiger partial charge in [-0.2, -0.15) is 0 Å². The molecule has 6 rings (SSSR count). The number of anilines is 2. The number of rotatable bonds is 11. The van der Waals surface area contributed by atoms with Crippen LogP contribution in [0.3, 0.4) is 0 Å². The molecule has 308 valence electrons. The number of carboxylic acids is 2. The van der Waals surface area contributed by atoms with E-state index in [2.05, 4.69) is 20.0 Å². The van der Waals surface area contributed by atoms with Crippen LogP contribution in [0.5, 0.6) is 11.5 Å². The van der Waals surface area contributed by atoms with E-state index in [1.54, 1.807) is 24.3 Å². The molecule has 2 amide bonds. The zero-order valence-corrected chi connectivity index (χ0v) is 31.2. The van der Waals surface area contributed by atoms with Crippen molar-refractivity contribution in [3.63, 3.8) is 0 Å². The van der Waals surface area contributed by atoms with Gasteiger partial charge in [-0.05, 0) is 89.8 Å². The highest BCUT2D eigenvalue weighted by Crippen LogP contribution is 2.34. The number of hydrogen-bond donors (Lipinski definition) is 4. The molecule has 5 aromatic carbocycles. The zero-order valence-electron chi connectivity index (χ0n) is 30.5. The van der Waals surface area contributed by atoms with Crippen LogP contribution in [-0.4, -0.2) is 56.9 Å². The second kappa shape index (κ2) is 18.9. The average Bonchev–Trinajstić information content (AvgIpc) is 3.20. The Morgan fingerprint density at radius 2 is 1.15 bits per heavy atom. The number of aromatic nitrogens is 2. The number of nitrogens with one attached hydrogen (secondary N) is 2. The van der Waals surface area contributed by atoms with Crippen LogP contribution in [0.4, 0.5) is 37.7 Å². The van der Waals surface area contributed by atoms with Crippen LogP contribution >= 0.6 is 11.6 Å². The number of benzene rings is 5. The highest BCUT2D eigenvalue weighted by Gasteiger charge is 2.31. The molecule has 0 saturated carbocycles. The molecule has 0 unspecified atom stereocenters. The minimum atomic E-state index is -4.94. The van der Waals surface area contributed by atoms with Crippen molar-refractivity contribution in [2.45, 2.75) is 13.3 Å². The van der Waals surface area contributed by atoms with Crippen LogP contribution in [0, 0.1) is 17.5 Å². The van der Waals surface area contributed by atoms with E-state index in [0.29, 0.717) is 23.5 Å². The molecule has 0 fully saturated rings. The van der Waals surface area contributed by atoms with Gasteiger partial charge in [-0.25, -0.2) is 32.7 Å². The van der Waals surface area contributed by atoms with E-state index in [1.165, 1.54) is 42.5 Å². The number of nitrogens with zero attached hydrogens (tertiary/aromatic N) is 2. The third-order valence-corrected chi connectivity index (χ3v) is 8.26. The topological polar surface area (TPSA) is 177 Å². The molecule has 6 aromatic rings. The van der Waals surface area contributed by atoms with Gasteiger partial charge in [-0.1, -0.05) is 48.0 Å². The number of halogens is 7. The fourth-order valence-electron chi connectivity index (χ4n) is 5.41. The van der Waals surface area contributed by atoms with Crippen molar-refractivity contribution in [1.82, 2.24) is 9.97 Å². The normalized spacial score (nSPS) is 10.8. The SMILES string of the molecule is CCOc1cccc(-c2cc(F)c(NC(=O)c3nccnc3C(=O)O)c(Cl)c2)c1.O=C(O)c1ccccc1C(=O)Nc1c(F)cc(-c2cccc(OC(F)(F)F)c2)cc1F. The van der Waals surface area contributed by atoms with Crippen molar-refractivity contribution in [3.05, 3.63) is 154 Å². The number of ether oxygens (including phenoxy) is 2. The van der Waals surface area contributed by atoms with Gasteiger partial charge in [0.05, 0.1) is 28.4 Å². The fourth-order valence-corrected chi connectivity index (χ4v) is 5.66. The first kappa shape index (κ1) is 43.6. The summed E-state index contributed by atoms with van der Waals surface area (Å²) in [7, 11) is 0. The minimum absolute atomic E-state index is 0.0358.